The number of guanidine groups is 1. The molecule has 0 aromatic carbocycles. The van der Waals surface area contributed by atoms with Crippen LogP contribution in [0.15, 0.2) is 4.99 Å². The molecule has 0 radical (unpaired) electrons. The summed E-state index contributed by atoms with van der Waals surface area (Å²) in [6.45, 7) is 6.03. The van der Waals surface area contributed by atoms with E-state index in [-0.39, 0.29) is 0 Å². The predicted molar refractivity (Wildman–Crippen MR) is 65.7 cm³/mol. The molecule has 0 aliphatic carbocycles. The Balaban J connectivity index is 3.62. The van der Waals surface area contributed by atoms with Gasteiger partial charge in [-0.1, -0.05) is 0 Å². The van der Waals surface area contributed by atoms with Gasteiger partial charge in [-0.25, -0.2) is 5.84 Å². The third-order valence-corrected chi connectivity index (χ3v) is 1.85. The van der Waals surface area contributed by atoms with Gasteiger partial charge in [-0.15, -0.1) is 0 Å². The Kier molecular flexibility index (Phi) is 8.04. The van der Waals surface area contributed by atoms with Crippen LogP contribution < -0.4 is 16.6 Å². The fourth-order valence-electron chi connectivity index (χ4n) is 1.14. The van der Waals surface area contributed by atoms with E-state index in [2.05, 4.69) is 48.6 Å². The molecule has 15 heavy (non-hydrogen) atoms. The topological polar surface area (TPSA) is 65.7 Å². The van der Waals surface area contributed by atoms with Gasteiger partial charge in [0.1, 0.15) is 0 Å². The number of nitrogens with zero attached hydrogens (tertiary/aromatic N) is 2. The molecule has 0 unspecified atom stereocenters. The highest BCUT2D eigenvalue weighted by Crippen LogP contribution is 1.91. The molecular formula is C10H25N5. The molecule has 90 valence electrons. The van der Waals surface area contributed by atoms with Gasteiger partial charge in [-0.3, -0.25) is 10.4 Å². The number of nitrogens with two attached hydrogens (primary N) is 1. The fourth-order valence-corrected chi connectivity index (χ4v) is 1.14. The van der Waals surface area contributed by atoms with Gasteiger partial charge < -0.3 is 10.2 Å². The summed E-state index contributed by atoms with van der Waals surface area (Å²) in [6, 6.07) is 0.349. The van der Waals surface area contributed by atoms with Gasteiger partial charge in [0.25, 0.3) is 0 Å². The van der Waals surface area contributed by atoms with Crippen molar-refractivity contribution in [2.24, 2.45) is 10.8 Å². The highest BCUT2D eigenvalue weighted by Gasteiger charge is 1.97. The molecule has 0 aliphatic heterocycles. The first-order chi connectivity index (χ1) is 7.06. The van der Waals surface area contributed by atoms with Crippen LogP contribution in [0.5, 0.6) is 0 Å². The third-order valence-electron chi connectivity index (χ3n) is 1.85. The lowest BCUT2D eigenvalue weighted by Gasteiger charge is -2.12. The Labute approximate surface area is 93.1 Å². The summed E-state index contributed by atoms with van der Waals surface area (Å²) in [5.74, 6) is 6.01. The Morgan fingerprint density at radius 1 is 1.33 bits per heavy atom. The third kappa shape index (κ3) is 9.49. The minimum absolute atomic E-state index is 0.349. The van der Waals surface area contributed by atoms with E-state index >= 15 is 0 Å². The van der Waals surface area contributed by atoms with Gasteiger partial charge in [0.2, 0.25) is 5.96 Å². The molecule has 5 nitrogen and oxygen atoms in total. The quantitative estimate of drug-likeness (QED) is 0.194. The fraction of sp³-hybridized carbons (Fsp3) is 0.900. The molecule has 0 amide bonds. The van der Waals surface area contributed by atoms with Crippen molar-refractivity contribution in [2.45, 2.75) is 32.7 Å². The van der Waals surface area contributed by atoms with Gasteiger partial charge in [0.05, 0.1) is 0 Å². The van der Waals surface area contributed by atoms with Crippen LogP contribution in [0.3, 0.4) is 0 Å². The molecule has 5 heteroatoms. The molecule has 0 saturated carbocycles. The number of aliphatic imine (C=N–C) groups is 1. The number of nitrogens with one attached hydrogen (secondary N) is 2. The van der Waals surface area contributed by atoms with Crippen LogP contribution in [-0.2, 0) is 0 Å². The first-order valence-corrected chi connectivity index (χ1v) is 5.48. The van der Waals surface area contributed by atoms with Crippen molar-refractivity contribution in [3.8, 4) is 0 Å². The minimum atomic E-state index is 0.349. The number of hydrogen-bond donors (Lipinski definition) is 3. The molecule has 0 aromatic rings. The zero-order valence-electron chi connectivity index (χ0n) is 10.4. The van der Waals surface area contributed by atoms with E-state index in [0.717, 1.165) is 25.9 Å². The lowest BCUT2D eigenvalue weighted by Crippen LogP contribution is -2.44. The van der Waals surface area contributed by atoms with E-state index in [1.165, 1.54) is 0 Å². The van der Waals surface area contributed by atoms with Crippen molar-refractivity contribution in [2.75, 3.05) is 27.2 Å². The van der Waals surface area contributed by atoms with Gasteiger partial charge in [-0.2, -0.15) is 0 Å². The monoisotopic (exact) mass is 215 g/mol. The number of hydrogen-bond acceptors (Lipinski definition) is 3. The van der Waals surface area contributed by atoms with Crippen LogP contribution in [0, 0.1) is 0 Å². The highest BCUT2D eigenvalue weighted by atomic mass is 15.3. The Hall–Kier alpha value is -0.810. The standard InChI is InChI=1S/C10H25N5/c1-9(2)13-10(14-11)12-7-5-6-8-15(3)4/h9H,5-8,11H2,1-4H3,(H2,12,13,14). The van der Waals surface area contributed by atoms with Crippen molar-refractivity contribution >= 4 is 5.96 Å². The van der Waals surface area contributed by atoms with Crippen LogP contribution >= 0.6 is 0 Å². The van der Waals surface area contributed by atoms with Crippen LogP contribution in [0.25, 0.3) is 0 Å². The summed E-state index contributed by atoms with van der Waals surface area (Å²) in [5.41, 5.74) is 2.56. The lowest BCUT2D eigenvalue weighted by molar-refractivity contribution is 0.395. The maximum Gasteiger partial charge on any atom is 0.205 e. The Morgan fingerprint density at radius 2 is 2.00 bits per heavy atom. The number of rotatable bonds is 6. The summed E-state index contributed by atoms with van der Waals surface area (Å²) >= 11 is 0. The number of hydrazine groups is 1. The zero-order chi connectivity index (χ0) is 11.7. The van der Waals surface area contributed by atoms with Crippen LogP contribution in [-0.4, -0.2) is 44.1 Å². The largest absolute Gasteiger partial charge is 0.353 e. The summed E-state index contributed by atoms with van der Waals surface area (Å²) in [5, 5.41) is 3.13. The number of unbranched alkanes of at least 4 members (excludes halogenated alkanes) is 1. The van der Waals surface area contributed by atoms with Gasteiger partial charge in [-0.05, 0) is 47.3 Å². The summed E-state index contributed by atoms with van der Waals surface area (Å²) in [4.78, 5) is 6.51. The van der Waals surface area contributed by atoms with Gasteiger partial charge >= 0.3 is 0 Å². The van der Waals surface area contributed by atoms with Gasteiger partial charge in [0, 0.05) is 12.6 Å². The van der Waals surface area contributed by atoms with Crippen LogP contribution in [0.1, 0.15) is 26.7 Å². The molecule has 0 heterocycles. The van der Waals surface area contributed by atoms with E-state index < -0.39 is 0 Å². The molecule has 0 aromatic heterocycles. The minimum Gasteiger partial charge on any atom is -0.353 e. The molecule has 0 atom stereocenters. The molecule has 0 saturated heterocycles. The second-order valence-corrected chi connectivity index (χ2v) is 4.18. The van der Waals surface area contributed by atoms with Crippen LogP contribution in [0.4, 0.5) is 0 Å². The van der Waals surface area contributed by atoms with Crippen molar-refractivity contribution in [1.29, 1.82) is 0 Å². The molecule has 0 rings (SSSR count). The van der Waals surface area contributed by atoms with Crippen molar-refractivity contribution in [3.63, 3.8) is 0 Å². The van der Waals surface area contributed by atoms with E-state index in [1.54, 1.807) is 0 Å². The summed E-state index contributed by atoms with van der Waals surface area (Å²) in [6.07, 6.45) is 2.25. The maximum atomic E-state index is 5.33. The predicted octanol–water partition coefficient (Wildman–Crippen LogP) is 0.146. The van der Waals surface area contributed by atoms with Crippen molar-refractivity contribution in [1.82, 2.24) is 15.6 Å². The van der Waals surface area contributed by atoms with E-state index in [0.29, 0.717) is 12.0 Å². The molecule has 0 fully saturated rings. The summed E-state index contributed by atoms with van der Waals surface area (Å²) in [7, 11) is 4.16. The first-order valence-electron chi connectivity index (χ1n) is 5.48. The molecule has 4 N–H and O–H groups in total. The van der Waals surface area contributed by atoms with Crippen molar-refractivity contribution in [3.05, 3.63) is 0 Å². The first kappa shape index (κ1) is 14.2. The zero-order valence-corrected chi connectivity index (χ0v) is 10.4. The second kappa shape index (κ2) is 8.49. The average Bonchev–Trinajstić information content (AvgIpc) is 2.14. The Morgan fingerprint density at radius 3 is 2.47 bits per heavy atom. The Bertz CT molecular complexity index is 177. The van der Waals surface area contributed by atoms with Crippen molar-refractivity contribution < 1.29 is 0 Å². The molecular weight excluding hydrogens is 190 g/mol. The van der Waals surface area contributed by atoms with E-state index in [9.17, 15) is 0 Å². The maximum absolute atomic E-state index is 5.33. The molecule has 0 spiro atoms. The summed E-state index contributed by atoms with van der Waals surface area (Å²) < 4.78 is 0. The normalized spacial score (nSPS) is 12.3. The smallest absolute Gasteiger partial charge is 0.205 e. The van der Waals surface area contributed by atoms with Gasteiger partial charge in [0.15, 0.2) is 0 Å². The SMILES string of the molecule is CC(C)NC(=NCCCCN(C)C)NN. The van der Waals surface area contributed by atoms with Crippen LogP contribution in [0.2, 0.25) is 0 Å². The average molecular weight is 215 g/mol. The second-order valence-electron chi connectivity index (χ2n) is 4.18. The molecule has 0 aliphatic rings. The lowest BCUT2D eigenvalue weighted by atomic mass is 10.3. The molecule has 0 bridgehead atoms. The van der Waals surface area contributed by atoms with E-state index in [4.69, 9.17) is 5.84 Å². The highest BCUT2D eigenvalue weighted by molar-refractivity contribution is 5.79. The van der Waals surface area contributed by atoms with E-state index in [1.807, 2.05) is 0 Å².